The monoisotopic (exact) mass is 174 g/mol. The lowest BCUT2D eigenvalue weighted by Crippen LogP contribution is -2.31. The molecular weight excluding hydrogens is 160 g/mol. The van der Waals surface area contributed by atoms with Crippen LogP contribution in [0.25, 0.3) is 0 Å². The second kappa shape index (κ2) is 7.00. The first-order valence-electron chi connectivity index (χ1n) is 3.53. The molecule has 0 aliphatic carbocycles. The third-order valence-electron chi connectivity index (χ3n) is 1.00. The Hall–Kier alpha value is -0.680. The van der Waals surface area contributed by atoms with Gasteiger partial charge in [-0.2, -0.15) is 0 Å². The molecule has 0 amide bonds. The molecule has 0 atom stereocenters. The van der Waals surface area contributed by atoms with Crippen LogP contribution in [-0.2, 0) is 9.47 Å². The second-order valence-electron chi connectivity index (χ2n) is 2.03. The number of hydrogen-bond donors (Lipinski definition) is 2. The summed E-state index contributed by atoms with van der Waals surface area (Å²) in [5, 5.41) is 17.4. The van der Waals surface area contributed by atoms with Gasteiger partial charge in [0.15, 0.2) is 0 Å². The highest BCUT2D eigenvalue weighted by molar-refractivity contribution is 4.67. The molecule has 12 heavy (non-hydrogen) atoms. The third-order valence-corrected chi connectivity index (χ3v) is 1.00. The quantitative estimate of drug-likeness (QED) is 0.422. The zero-order valence-corrected chi connectivity index (χ0v) is 6.85. The summed E-state index contributed by atoms with van der Waals surface area (Å²) in [5.41, 5.74) is 0. The van der Waals surface area contributed by atoms with E-state index >= 15 is 0 Å². The van der Waals surface area contributed by atoms with Gasteiger partial charge in [0.2, 0.25) is 12.6 Å². The molecule has 4 heteroatoms. The van der Waals surface area contributed by atoms with E-state index in [4.69, 9.17) is 19.7 Å². The average molecular weight is 174 g/mol. The average Bonchev–Trinajstić information content (AvgIpc) is 2.04. The van der Waals surface area contributed by atoms with E-state index in [0.717, 1.165) is 0 Å². The van der Waals surface area contributed by atoms with Crippen molar-refractivity contribution in [1.29, 1.82) is 0 Å². The van der Waals surface area contributed by atoms with Crippen molar-refractivity contribution in [1.82, 2.24) is 0 Å². The largest absolute Gasteiger partial charge is 0.364 e. The van der Waals surface area contributed by atoms with Crippen LogP contribution in [0.4, 0.5) is 0 Å². The summed E-state index contributed by atoms with van der Waals surface area (Å²) in [7, 11) is 0. The van der Waals surface area contributed by atoms with Crippen LogP contribution in [0.5, 0.6) is 0 Å². The molecule has 0 fully saturated rings. The lowest BCUT2D eigenvalue weighted by molar-refractivity contribution is -0.245. The molecule has 0 aromatic carbocycles. The number of aliphatic hydroxyl groups is 2. The molecule has 0 aliphatic rings. The van der Waals surface area contributed by atoms with Crippen LogP contribution < -0.4 is 0 Å². The number of rotatable bonds is 7. The van der Waals surface area contributed by atoms with Crippen LogP contribution >= 0.6 is 0 Å². The molecule has 70 valence electrons. The summed E-state index contributed by atoms with van der Waals surface area (Å²) in [6.45, 7) is 7.23. The molecule has 0 unspecified atom stereocenters. The van der Waals surface area contributed by atoms with E-state index in [2.05, 4.69) is 13.2 Å². The molecule has 0 aromatic heterocycles. The zero-order valence-electron chi connectivity index (χ0n) is 6.85. The van der Waals surface area contributed by atoms with E-state index < -0.39 is 12.6 Å². The molecule has 0 radical (unpaired) electrons. The van der Waals surface area contributed by atoms with Crippen LogP contribution in [0.1, 0.15) is 0 Å². The minimum Gasteiger partial charge on any atom is -0.364 e. The Kier molecular flexibility index (Phi) is 6.60. The lowest BCUT2D eigenvalue weighted by Gasteiger charge is -2.18. The van der Waals surface area contributed by atoms with Crippen molar-refractivity contribution in [2.24, 2.45) is 0 Å². The zero-order chi connectivity index (χ0) is 9.40. The fourth-order valence-corrected chi connectivity index (χ4v) is 0.546. The van der Waals surface area contributed by atoms with Gasteiger partial charge in [-0.1, -0.05) is 12.2 Å². The van der Waals surface area contributed by atoms with Crippen LogP contribution in [0.15, 0.2) is 25.3 Å². The summed E-state index contributed by atoms with van der Waals surface area (Å²) in [5.74, 6) is 0. The first-order valence-corrected chi connectivity index (χ1v) is 3.53. The van der Waals surface area contributed by atoms with Gasteiger partial charge >= 0.3 is 0 Å². The van der Waals surface area contributed by atoms with Gasteiger partial charge in [-0.25, -0.2) is 0 Å². The summed E-state index contributed by atoms with van der Waals surface area (Å²) in [6.07, 6.45) is 0.296. The van der Waals surface area contributed by atoms with Crippen molar-refractivity contribution in [3.63, 3.8) is 0 Å². The van der Waals surface area contributed by atoms with Gasteiger partial charge < -0.3 is 19.7 Å². The van der Waals surface area contributed by atoms with E-state index in [9.17, 15) is 0 Å². The van der Waals surface area contributed by atoms with Crippen molar-refractivity contribution in [2.45, 2.75) is 12.6 Å². The highest BCUT2D eigenvalue weighted by Crippen LogP contribution is 1.99. The maximum absolute atomic E-state index is 8.70. The molecule has 0 heterocycles. The Morgan fingerprint density at radius 3 is 1.75 bits per heavy atom. The molecule has 4 nitrogen and oxygen atoms in total. The van der Waals surface area contributed by atoms with E-state index in [1.807, 2.05) is 0 Å². The second-order valence-corrected chi connectivity index (χ2v) is 2.03. The first-order chi connectivity index (χ1) is 5.72. The van der Waals surface area contributed by atoms with Gasteiger partial charge in [0.1, 0.15) is 0 Å². The summed E-state index contributed by atoms with van der Waals surface area (Å²) in [6, 6.07) is 0. The maximum Gasteiger partial charge on any atom is 0.209 e. The minimum absolute atomic E-state index is 0.208. The molecule has 0 aliphatic heterocycles. The fourth-order valence-electron chi connectivity index (χ4n) is 0.546. The van der Waals surface area contributed by atoms with Gasteiger partial charge in [0.25, 0.3) is 0 Å². The SMILES string of the molecule is C=CCOC(OCC=C)C(O)O. The van der Waals surface area contributed by atoms with Gasteiger partial charge in [-0.3, -0.25) is 0 Å². The van der Waals surface area contributed by atoms with Crippen molar-refractivity contribution in [2.75, 3.05) is 13.2 Å². The maximum atomic E-state index is 8.70. The molecule has 0 rings (SSSR count). The molecule has 0 spiro atoms. The van der Waals surface area contributed by atoms with Gasteiger partial charge in [-0.05, 0) is 0 Å². The molecular formula is C8H14O4. The fraction of sp³-hybridized carbons (Fsp3) is 0.500. The number of ether oxygens (including phenoxy) is 2. The molecule has 0 aromatic rings. The van der Waals surface area contributed by atoms with Crippen molar-refractivity contribution >= 4 is 0 Å². The standard InChI is InChI=1S/C8H14O4/c1-3-5-11-8(7(9)10)12-6-4-2/h3-4,7-10H,1-2,5-6H2. The predicted molar refractivity (Wildman–Crippen MR) is 44.3 cm³/mol. The third kappa shape index (κ3) is 5.03. The first kappa shape index (κ1) is 11.3. The van der Waals surface area contributed by atoms with Crippen molar-refractivity contribution in [3.05, 3.63) is 25.3 Å². The Morgan fingerprint density at radius 1 is 1.08 bits per heavy atom. The number of hydrogen-bond acceptors (Lipinski definition) is 4. The number of aliphatic hydroxyl groups excluding tert-OH is 1. The smallest absolute Gasteiger partial charge is 0.209 e. The van der Waals surface area contributed by atoms with Gasteiger partial charge in [0, 0.05) is 0 Å². The Morgan fingerprint density at radius 2 is 1.50 bits per heavy atom. The van der Waals surface area contributed by atoms with E-state index in [1.54, 1.807) is 0 Å². The Bertz CT molecular complexity index is 121. The highest BCUT2D eigenvalue weighted by atomic mass is 16.7. The Balaban J connectivity index is 3.68. The predicted octanol–water partition coefficient (Wildman–Crippen LogP) is 0.0284. The van der Waals surface area contributed by atoms with Crippen molar-refractivity contribution < 1.29 is 19.7 Å². The topological polar surface area (TPSA) is 58.9 Å². The highest BCUT2D eigenvalue weighted by Gasteiger charge is 2.16. The van der Waals surface area contributed by atoms with Crippen molar-refractivity contribution in [3.8, 4) is 0 Å². The molecule has 0 saturated carbocycles. The van der Waals surface area contributed by atoms with E-state index in [-0.39, 0.29) is 13.2 Å². The summed E-state index contributed by atoms with van der Waals surface area (Å²) in [4.78, 5) is 0. The van der Waals surface area contributed by atoms with Crippen LogP contribution in [0.2, 0.25) is 0 Å². The summed E-state index contributed by atoms with van der Waals surface area (Å²) >= 11 is 0. The molecule has 2 N–H and O–H groups in total. The summed E-state index contributed by atoms with van der Waals surface area (Å²) < 4.78 is 9.73. The molecule has 0 bridgehead atoms. The normalized spacial score (nSPS) is 10.7. The Labute approximate surface area is 71.7 Å². The van der Waals surface area contributed by atoms with E-state index in [1.165, 1.54) is 12.2 Å². The van der Waals surface area contributed by atoms with Gasteiger partial charge in [-0.15, -0.1) is 13.2 Å². The van der Waals surface area contributed by atoms with Crippen LogP contribution in [0.3, 0.4) is 0 Å². The van der Waals surface area contributed by atoms with Crippen LogP contribution in [-0.4, -0.2) is 36.0 Å². The minimum atomic E-state index is -1.65. The van der Waals surface area contributed by atoms with Gasteiger partial charge in [0.05, 0.1) is 13.2 Å². The molecule has 0 saturated heterocycles. The van der Waals surface area contributed by atoms with Crippen LogP contribution in [0, 0.1) is 0 Å². The van der Waals surface area contributed by atoms with E-state index in [0.29, 0.717) is 0 Å². The lowest BCUT2D eigenvalue weighted by atomic mass is 10.6.